The van der Waals surface area contributed by atoms with Crippen molar-refractivity contribution in [1.82, 2.24) is 0 Å². The molecule has 0 saturated carbocycles. The first-order valence-corrected chi connectivity index (χ1v) is 13.3. The van der Waals surface area contributed by atoms with Gasteiger partial charge in [0.05, 0.1) is 6.42 Å². The Morgan fingerprint density at radius 3 is 2.35 bits per heavy atom. The summed E-state index contributed by atoms with van der Waals surface area (Å²) in [7, 11) is 0. The Labute approximate surface area is 207 Å². The highest BCUT2D eigenvalue weighted by atomic mass is 16.1. The van der Waals surface area contributed by atoms with Gasteiger partial charge in [-0.25, -0.2) is 0 Å². The van der Waals surface area contributed by atoms with E-state index in [2.05, 4.69) is 58.1 Å². The zero-order valence-corrected chi connectivity index (χ0v) is 22.2. The van der Waals surface area contributed by atoms with Crippen molar-refractivity contribution in [2.75, 3.05) is 0 Å². The molecule has 0 heterocycles. The fourth-order valence-corrected chi connectivity index (χ4v) is 5.72. The number of carbonyl (C=O) groups is 3. The lowest BCUT2D eigenvalue weighted by Crippen LogP contribution is -2.30. The highest BCUT2D eigenvalue weighted by Gasteiger charge is 2.33. The Hall–Kier alpha value is -2.29. The Bertz CT molecular complexity index is 934. The maximum Gasteiger partial charge on any atom is 0.163 e. The van der Waals surface area contributed by atoms with Crippen LogP contribution in [0.2, 0.25) is 0 Å². The van der Waals surface area contributed by atoms with Crippen molar-refractivity contribution in [2.24, 2.45) is 17.8 Å². The molecule has 0 amide bonds. The molecular formula is C31H44O3. The molecule has 0 N–H and O–H groups in total. The zero-order valence-electron chi connectivity index (χ0n) is 22.2. The fraction of sp³-hybridized carbons (Fsp3) is 0.581. The van der Waals surface area contributed by atoms with E-state index in [1.54, 1.807) is 0 Å². The Kier molecular flexibility index (Phi) is 11.1. The highest BCUT2D eigenvalue weighted by molar-refractivity contribution is 6.01. The maximum absolute atomic E-state index is 13.2. The van der Waals surface area contributed by atoms with Crippen molar-refractivity contribution in [2.45, 2.75) is 99.3 Å². The topological polar surface area (TPSA) is 51.2 Å². The zero-order chi connectivity index (χ0) is 25.3. The van der Waals surface area contributed by atoms with Gasteiger partial charge in [-0.15, -0.1) is 0 Å². The van der Waals surface area contributed by atoms with Crippen molar-refractivity contribution in [3.8, 4) is 0 Å². The molecule has 2 aliphatic rings. The van der Waals surface area contributed by atoms with Gasteiger partial charge in [0, 0.05) is 17.9 Å². The quantitative estimate of drug-likeness (QED) is 0.331. The monoisotopic (exact) mass is 464 g/mol. The second-order valence-electron chi connectivity index (χ2n) is 10.1. The molecule has 0 fully saturated rings. The van der Waals surface area contributed by atoms with Crippen LogP contribution in [0.1, 0.15) is 113 Å². The third kappa shape index (κ3) is 7.10. The first-order chi connectivity index (χ1) is 16.3. The number of benzene rings is 1. The second kappa shape index (κ2) is 13.6. The normalized spacial score (nSPS) is 18.5. The number of fused-ring (bicyclic) bond motifs is 1. The minimum atomic E-state index is -0.0775. The van der Waals surface area contributed by atoms with Gasteiger partial charge in [-0.3, -0.25) is 14.4 Å². The van der Waals surface area contributed by atoms with Crippen LogP contribution in [0, 0.1) is 24.7 Å². The van der Waals surface area contributed by atoms with E-state index in [4.69, 9.17) is 0 Å². The van der Waals surface area contributed by atoms with Crippen molar-refractivity contribution < 1.29 is 14.4 Å². The summed E-state index contributed by atoms with van der Waals surface area (Å²) in [5.41, 5.74) is 5.68. The van der Waals surface area contributed by atoms with E-state index < -0.39 is 0 Å². The summed E-state index contributed by atoms with van der Waals surface area (Å²) in [5.74, 6) is 0.709. The predicted octanol–water partition coefficient (Wildman–Crippen LogP) is 7.88. The molecule has 3 atom stereocenters. The smallest absolute Gasteiger partial charge is 0.163 e. The average Bonchev–Trinajstić information content (AvgIpc) is 3.29. The summed E-state index contributed by atoms with van der Waals surface area (Å²) >= 11 is 0. The summed E-state index contributed by atoms with van der Waals surface area (Å²) in [6, 6.07) is 4.32. The summed E-state index contributed by atoms with van der Waals surface area (Å²) in [4.78, 5) is 37.4. The van der Waals surface area contributed by atoms with Crippen LogP contribution in [-0.2, 0) is 16.0 Å². The number of Topliss-reactive ketones (excluding diaryl/α,β-unsaturated/α-hetero) is 3. The van der Waals surface area contributed by atoms with E-state index >= 15 is 0 Å². The Balaban J connectivity index is 0.00000129. The SMILES string of the molecule is CCC.CCCC(CC1CC(=O)c2c(ccc(C3=CC=CC3)c2C)C1)C(CC)C(=O)CC(C)=O. The maximum atomic E-state index is 13.2. The largest absolute Gasteiger partial charge is 0.300 e. The molecule has 3 rings (SSSR count). The molecule has 1 aromatic rings. The van der Waals surface area contributed by atoms with Crippen LogP contribution in [0.4, 0.5) is 0 Å². The Morgan fingerprint density at radius 1 is 1.09 bits per heavy atom. The lowest BCUT2D eigenvalue weighted by Gasteiger charge is -2.32. The molecule has 0 radical (unpaired) electrons. The first-order valence-electron chi connectivity index (χ1n) is 13.3. The molecule has 0 bridgehead atoms. The van der Waals surface area contributed by atoms with Crippen molar-refractivity contribution in [3.63, 3.8) is 0 Å². The van der Waals surface area contributed by atoms with Gasteiger partial charge >= 0.3 is 0 Å². The van der Waals surface area contributed by atoms with E-state index in [9.17, 15) is 14.4 Å². The van der Waals surface area contributed by atoms with Gasteiger partial charge in [-0.2, -0.15) is 0 Å². The fourth-order valence-electron chi connectivity index (χ4n) is 5.72. The summed E-state index contributed by atoms with van der Waals surface area (Å²) < 4.78 is 0. The molecule has 0 aliphatic heterocycles. The van der Waals surface area contributed by atoms with Crippen LogP contribution in [-0.4, -0.2) is 17.3 Å². The number of ketones is 3. The van der Waals surface area contributed by atoms with Gasteiger partial charge in [0.15, 0.2) is 5.78 Å². The number of hydrogen-bond acceptors (Lipinski definition) is 3. The van der Waals surface area contributed by atoms with E-state index in [1.165, 1.54) is 24.5 Å². The third-order valence-electron chi connectivity index (χ3n) is 7.07. The van der Waals surface area contributed by atoms with E-state index in [0.717, 1.165) is 55.2 Å². The molecule has 2 aliphatic carbocycles. The minimum Gasteiger partial charge on any atom is -0.300 e. The summed E-state index contributed by atoms with van der Waals surface area (Å²) in [6.07, 6.45) is 13.7. The van der Waals surface area contributed by atoms with Crippen LogP contribution in [0.15, 0.2) is 30.4 Å². The van der Waals surface area contributed by atoms with E-state index in [1.807, 2.05) is 6.92 Å². The molecule has 0 spiro atoms. The van der Waals surface area contributed by atoms with E-state index in [0.29, 0.717) is 6.42 Å². The van der Waals surface area contributed by atoms with Crippen LogP contribution in [0.25, 0.3) is 5.57 Å². The van der Waals surface area contributed by atoms with Gasteiger partial charge in [0.2, 0.25) is 0 Å². The van der Waals surface area contributed by atoms with Gasteiger partial charge in [-0.05, 0) is 73.6 Å². The van der Waals surface area contributed by atoms with Gasteiger partial charge in [0.25, 0.3) is 0 Å². The van der Waals surface area contributed by atoms with Crippen LogP contribution >= 0.6 is 0 Å². The lowest BCUT2D eigenvalue weighted by molar-refractivity contribution is -0.129. The van der Waals surface area contributed by atoms with Crippen molar-refractivity contribution >= 4 is 22.9 Å². The molecule has 0 aromatic heterocycles. The average molecular weight is 465 g/mol. The van der Waals surface area contributed by atoms with Gasteiger partial charge in [-0.1, -0.05) is 77.3 Å². The van der Waals surface area contributed by atoms with Gasteiger partial charge in [0.1, 0.15) is 11.6 Å². The predicted molar refractivity (Wildman–Crippen MR) is 142 cm³/mol. The molecule has 3 unspecified atom stereocenters. The van der Waals surface area contributed by atoms with Crippen molar-refractivity contribution in [3.05, 3.63) is 52.6 Å². The number of allylic oxidation sites excluding steroid dienone is 4. The summed E-state index contributed by atoms with van der Waals surface area (Å²) in [5, 5.41) is 0. The summed E-state index contributed by atoms with van der Waals surface area (Å²) in [6.45, 7) is 12.0. The number of carbonyl (C=O) groups excluding carboxylic acids is 3. The molecular weight excluding hydrogens is 420 g/mol. The molecule has 186 valence electrons. The third-order valence-corrected chi connectivity index (χ3v) is 7.07. The standard InChI is InChI=1S/C28H36O3.C3H8/c1-5-9-22(24(6-2)26(30)14-18(3)29)15-20-16-23-12-13-25(21-10-7-8-11-21)19(4)28(23)27(31)17-20;1-3-2/h7-8,10,12-13,20,22,24H,5-6,9,11,14-17H2,1-4H3;3H2,1-2H3. The van der Waals surface area contributed by atoms with Crippen LogP contribution < -0.4 is 0 Å². The number of hydrogen-bond donors (Lipinski definition) is 0. The number of rotatable bonds is 10. The minimum absolute atomic E-state index is 0.0395. The van der Waals surface area contributed by atoms with Crippen LogP contribution in [0.5, 0.6) is 0 Å². The molecule has 1 aromatic carbocycles. The van der Waals surface area contributed by atoms with E-state index in [-0.39, 0.29) is 41.5 Å². The van der Waals surface area contributed by atoms with Gasteiger partial charge < -0.3 is 0 Å². The Morgan fingerprint density at radius 2 is 1.79 bits per heavy atom. The van der Waals surface area contributed by atoms with Crippen molar-refractivity contribution in [1.29, 1.82) is 0 Å². The van der Waals surface area contributed by atoms with Crippen LogP contribution in [0.3, 0.4) is 0 Å². The molecule has 34 heavy (non-hydrogen) atoms. The molecule has 3 nitrogen and oxygen atoms in total. The lowest BCUT2D eigenvalue weighted by atomic mass is 9.71. The highest BCUT2D eigenvalue weighted by Crippen LogP contribution is 2.38. The second-order valence-corrected chi connectivity index (χ2v) is 10.1. The molecule has 0 saturated heterocycles. The molecule has 3 heteroatoms. The first kappa shape index (κ1) is 28.0.